The van der Waals surface area contributed by atoms with Crippen molar-refractivity contribution in [3.8, 4) is 5.75 Å². The highest BCUT2D eigenvalue weighted by atomic mass is 19.4. The van der Waals surface area contributed by atoms with Crippen LogP contribution in [-0.4, -0.2) is 29.5 Å². The molecule has 1 aliphatic carbocycles. The number of hydrogen-bond acceptors (Lipinski definition) is 3. The van der Waals surface area contributed by atoms with Crippen LogP contribution in [0.15, 0.2) is 24.3 Å². The van der Waals surface area contributed by atoms with Crippen LogP contribution in [0.3, 0.4) is 0 Å². The molecule has 6 nitrogen and oxygen atoms in total. The molecule has 0 radical (unpaired) electrons. The minimum atomic E-state index is -4.45. The number of nitrogens with zero attached hydrogens (tertiary/aromatic N) is 2. The largest absolute Gasteiger partial charge is 0.497 e. The van der Waals surface area contributed by atoms with E-state index in [-0.39, 0.29) is 13.1 Å². The van der Waals surface area contributed by atoms with E-state index in [4.69, 9.17) is 4.74 Å². The number of carbonyl (C=O) groups excluding carboxylic acids is 1. The molecule has 9 heteroatoms. The monoisotopic (exact) mass is 382 g/mol. The number of nitrogens with one attached hydrogen (secondary N) is 2. The van der Waals surface area contributed by atoms with Crippen LogP contribution in [0, 0.1) is 0 Å². The number of rotatable bonds is 5. The van der Waals surface area contributed by atoms with Crippen molar-refractivity contribution in [2.75, 3.05) is 19.0 Å². The number of urea groups is 1. The maximum atomic E-state index is 13.2. The summed E-state index contributed by atoms with van der Waals surface area (Å²) in [5.41, 5.74) is 0.693. The van der Waals surface area contributed by atoms with Gasteiger partial charge in [-0.05, 0) is 37.8 Å². The number of anilines is 1. The van der Waals surface area contributed by atoms with E-state index in [0.29, 0.717) is 35.5 Å². The van der Waals surface area contributed by atoms with E-state index in [1.807, 2.05) is 0 Å². The van der Waals surface area contributed by atoms with Crippen molar-refractivity contribution in [2.24, 2.45) is 0 Å². The average Bonchev–Trinajstić information content (AvgIpc) is 3.01. The number of alkyl halides is 3. The van der Waals surface area contributed by atoms with Crippen LogP contribution in [0.1, 0.15) is 29.8 Å². The predicted molar refractivity (Wildman–Crippen MR) is 93.9 cm³/mol. The number of methoxy groups -OCH3 is 1. The van der Waals surface area contributed by atoms with Crippen molar-refractivity contribution < 1.29 is 22.7 Å². The lowest BCUT2D eigenvalue weighted by atomic mass is 9.95. The molecule has 1 heterocycles. The zero-order valence-electron chi connectivity index (χ0n) is 14.9. The summed E-state index contributed by atoms with van der Waals surface area (Å²) in [7, 11) is 1.53. The van der Waals surface area contributed by atoms with Crippen LogP contribution in [-0.2, 0) is 25.6 Å². The third kappa shape index (κ3) is 4.53. The lowest BCUT2D eigenvalue weighted by molar-refractivity contribution is -0.142. The molecule has 3 rings (SSSR count). The first-order chi connectivity index (χ1) is 12.9. The maximum absolute atomic E-state index is 13.2. The summed E-state index contributed by atoms with van der Waals surface area (Å²) in [5.74, 6) is 0.607. The second-order valence-electron chi connectivity index (χ2n) is 6.31. The Morgan fingerprint density at radius 2 is 2.07 bits per heavy atom. The molecule has 0 atom stereocenters. The van der Waals surface area contributed by atoms with Gasteiger partial charge in [0, 0.05) is 29.6 Å². The summed E-state index contributed by atoms with van der Waals surface area (Å²) in [5, 5.41) is 9.06. The maximum Gasteiger partial charge on any atom is 0.435 e. The fourth-order valence-corrected chi connectivity index (χ4v) is 3.23. The Morgan fingerprint density at radius 3 is 2.81 bits per heavy atom. The minimum absolute atomic E-state index is 0.168. The van der Waals surface area contributed by atoms with Gasteiger partial charge in [-0.1, -0.05) is 6.07 Å². The van der Waals surface area contributed by atoms with Crippen molar-refractivity contribution in [3.05, 3.63) is 41.2 Å². The SMILES string of the molecule is COc1cccc(NC(=O)NCCn2nc(C(F)(F)F)c3c2CCCC3)c1. The summed E-state index contributed by atoms with van der Waals surface area (Å²) in [6.07, 6.45) is -1.89. The highest BCUT2D eigenvalue weighted by Gasteiger charge is 2.39. The van der Waals surface area contributed by atoms with Crippen molar-refractivity contribution in [1.82, 2.24) is 15.1 Å². The highest BCUT2D eigenvalue weighted by Crippen LogP contribution is 2.35. The van der Waals surface area contributed by atoms with Gasteiger partial charge in [0.15, 0.2) is 5.69 Å². The molecule has 0 saturated carbocycles. The fraction of sp³-hybridized carbons (Fsp3) is 0.444. The molecule has 1 aromatic carbocycles. The van der Waals surface area contributed by atoms with Gasteiger partial charge in [0.1, 0.15) is 5.75 Å². The van der Waals surface area contributed by atoms with Gasteiger partial charge in [-0.2, -0.15) is 18.3 Å². The third-order valence-electron chi connectivity index (χ3n) is 4.46. The molecule has 2 N–H and O–H groups in total. The van der Waals surface area contributed by atoms with Crippen LogP contribution in [0.25, 0.3) is 0 Å². The number of ether oxygens (including phenoxy) is 1. The quantitative estimate of drug-likeness (QED) is 0.830. The normalized spacial score (nSPS) is 13.8. The first kappa shape index (κ1) is 19.1. The van der Waals surface area contributed by atoms with Gasteiger partial charge in [-0.25, -0.2) is 4.79 Å². The molecular weight excluding hydrogens is 361 g/mol. The first-order valence-corrected chi connectivity index (χ1v) is 8.73. The smallest absolute Gasteiger partial charge is 0.435 e. The number of carbonyl (C=O) groups is 1. The van der Waals surface area contributed by atoms with Gasteiger partial charge in [0.2, 0.25) is 0 Å². The van der Waals surface area contributed by atoms with E-state index in [1.54, 1.807) is 24.3 Å². The summed E-state index contributed by atoms with van der Waals surface area (Å²) in [4.78, 5) is 12.0. The molecule has 2 aromatic rings. The number of amides is 2. The Bertz CT molecular complexity index is 817. The average molecular weight is 382 g/mol. The molecule has 2 amide bonds. The van der Waals surface area contributed by atoms with Crippen LogP contribution in [0.2, 0.25) is 0 Å². The fourth-order valence-electron chi connectivity index (χ4n) is 3.23. The molecule has 0 saturated heterocycles. The van der Waals surface area contributed by atoms with Gasteiger partial charge in [0.25, 0.3) is 0 Å². The van der Waals surface area contributed by atoms with Crippen LogP contribution in [0.4, 0.5) is 23.7 Å². The number of hydrogen-bond donors (Lipinski definition) is 2. The van der Waals surface area contributed by atoms with Crippen molar-refractivity contribution in [2.45, 2.75) is 38.4 Å². The van der Waals surface area contributed by atoms with Crippen LogP contribution < -0.4 is 15.4 Å². The molecule has 0 unspecified atom stereocenters. The van der Waals surface area contributed by atoms with Gasteiger partial charge >= 0.3 is 12.2 Å². The summed E-state index contributed by atoms with van der Waals surface area (Å²) in [6, 6.07) is 6.42. The van der Waals surface area contributed by atoms with E-state index in [1.165, 1.54) is 11.8 Å². The molecule has 0 fully saturated rings. The molecular formula is C18H21F3N4O2. The number of aromatic nitrogens is 2. The van der Waals surface area contributed by atoms with Gasteiger partial charge in [-0.3, -0.25) is 4.68 Å². The Kier molecular flexibility index (Phi) is 5.57. The van der Waals surface area contributed by atoms with Gasteiger partial charge in [0.05, 0.1) is 13.7 Å². The second-order valence-corrected chi connectivity index (χ2v) is 6.31. The van der Waals surface area contributed by atoms with E-state index >= 15 is 0 Å². The van der Waals surface area contributed by atoms with Crippen molar-refractivity contribution in [3.63, 3.8) is 0 Å². The highest BCUT2D eigenvalue weighted by molar-refractivity contribution is 5.89. The molecule has 0 aliphatic heterocycles. The minimum Gasteiger partial charge on any atom is -0.497 e. The number of benzene rings is 1. The van der Waals surface area contributed by atoms with Crippen LogP contribution in [0.5, 0.6) is 5.75 Å². The van der Waals surface area contributed by atoms with E-state index < -0.39 is 17.9 Å². The van der Waals surface area contributed by atoms with Gasteiger partial charge in [-0.15, -0.1) is 0 Å². The molecule has 146 valence electrons. The summed E-state index contributed by atoms with van der Waals surface area (Å²) < 4.78 is 46.0. The standard InChI is InChI=1S/C18H21F3N4O2/c1-27-13-6-4-5-12(11-13)23-17(26)22-9-10-25-15-8-3-2-7-14(15)16(24-25)18(19,20)21/h4-6,11H,2-3,7-10H2,1H3,(H2,22,23,26). The van der Waals surface area contributed by atoms with E-state index in [2.05, 4.69) is 15.7 Å². The van der Waals surface area contributed by atoms with E-state index in [9.17, 15) is 18.0 Å². The predicted octanol–water partition coefficient (Wildman–Crippen LogP) is 3.61. The zero-order valence-corrected chi connectivity index (χ0v) is 14.9. The first-order valence-electron chi connectivity index (χ1n) is 8.73. The third-order valence-corrected chi connectivity index (χ3v) is 4.46. The summed E-state index contributed by atoms with van der Waals surface area (Å²) >= 11 is 0. The Labute approximate surface area is 154 Å². The van der Waals surface area contributed by atoms with Crippen LogP contribution >= 0.6 is 0 Å². The molecule has 1 aromatic heterocycles. The van der Waals surface area contributed by atoms with Crippen molar-refractivity contribution in [1.29, 1.82) is 0 Å². The lowest BCUT2D eigenvalue weighted by Gasteiger charge is -2.15. The Hall–Kier alpha value is -2.71. The molecule has 0 spiro atoms. The zero-order chi connectivity index (χ0) is 19.4. The number of halogens is 3. The topological polar surface area (TPSA) is 68.2 Å². The molecule has 0 bridgehead atoms. The summed E-state index contributed by atoms with van der Waals surface area (Å²) in [6.45, 7) is 0.352. The lowest BCUT2D eigenvalue weighted by Crippen LogP contribution is -2.32. The van der Waals surface area contributed by atoms with Crippen molar-refractivity contribution >= 4 is 11.7 Å². The molecule has 27 heavy (non-hydrogen) atoms. The molecule has 1 aliphatic rings. The Morgan fingerprint density at radius 1 is 1.30 bits per heavy atom. The number of fused-ring (bicyclic) bond motifs is 1. The second kappa shape index (κ2) is 7.89. The van der Waals surface area contributed by atoms with E-state index in [0.717, 1.165) is 12.8 Å². The Balaban J connectivity index is 1.60. The van der Waals surface area contributed by atoms with Gasteiger partial charge < -0.3 is 15.4 Å².